The largest absolute Gasteiger partial charge is 0.336 e. The van der Waals surface area contributed by atoms with Gasteiger partial charge in [0.05, 0.1) is 23.1 Å². The Kier molecular flexibility index (Phi) is 6.76. The monoisotopic (exact) mass is 429 g/mol. The number of benzene rings is 1. The van der Waals surface area contributed by atoms with Gasteiger partial charge in [-0.3, -0.25) is 9.69 Å². The van der Waals surface area contributed by atoms with E-state index in [1.807, 2.05) is 33.8 Å². The number of piperazine rings is 1. The lowest BCUT2D eigenvalue weighted by Crippen LogP contribution is -2.50. The van der Waals surface area contributed by atoms with Crippen molar-refractivity contribution < 1.29 is 4.79 Å². The summed E-state index contributed by atoms with van der Waals surface area (Å²) in [6.07, 6.45) is 4.40. The number of carbonyl (C=O) groups excluding carboxylic acids is 1. The van der Waals surface area contributed by atoms with Gasteiger partial charge in [-0.1, -0.05) is 25.4 Å². The van der Waals surface area contributed by atoms with Gasteiger partial charge in [0.15, 0.2) is 0 Å². The quantitative estimate of drug-likeness (QED) is 0.705. The highest BCUT2D eigenvalue weighted by atomic mass is 35.5. The maximum Gasteiger partial charge on any atom is 0.257 e. The van der Waals surface area contributed by atoms with Crippen LogP contribution in [0.1, 0.15) is 48.7 Å². The van der Waals surface area contributed by atoms with Crippen LogP contribution in [0.5, 0.6) is 0 Å². The van der Waals surface area contributed by atoms with E-state index in [2.05, 4.69) is 28.7 Å². The zero-order valence-electron chi connectivity index (χ0n) is 18.1. The van der Waals surface area contributed by atoms with Crippen molar-refractivity contribution in [2.45, 2.75) is 32.6 Å². The van der Waals surface area contributed by atoms with E-state index >= 15 is 0 Å². The van der Waals surface area contributed by atoms with Crippen LogP contribution in [0.15, 0.2) is 30.5 Å². The van der Waals surface area contributed by atoms with Crippen LogP contribution in [-0.2, 0) is 0 Å². The first kappa shape index (κ1) is 21.3. The molecule has 0 atom stereocenters. The Labute approximate surface area is 184 Å². The van der Waals surface area contributed by atoms with Crippen molar-refractivity contribution in [1.29, 1.82) is 0 Å². The van der Waals surface area contributed by atoms with Gasteiger partial charge in [0.2, 0.25) is 0 Å². The number of rotatable bonds is 6. The van der Waals surface area contributed by atoms with E-state index in [0.717, 1.165) is 50.6 Å². The van der Waals surface area contributed by atoms with Crippen LogP contribution in [0.25, 0.3) is 5.69 Å². The highest BCUT2D eigenvalue weighted by Crippen LogP contribution is 2.25. The maximum atomic E-state index is 13.3. The minimum absolute atomic E-state index is 0.0955. The van der Waals surface area contributed by atoms with Crippen LogP contribution in [-0.4, -0.2) is 82.7 Å². The van der Waals surface area contributed by atoms with Gasteiger partial charge in [0.25, 0.3) is 5.91 Å². The van der Waals surface area contributed by atoms with Crippen LogP contribution in [0.2, 0.25) is 5.02 Å². The molecule has 2 aromatic rings. The summed E-state index contributed by atoms with van der Waals surface area (Å²) < 4.78 is 1.88. The number of carbonyl (C=O) groups is 1. The average molecular weight is 430 g/mol. The summed E-state index contributed by atoms with van der Waals surface area (Å²) in [6, 6.07) is 7.58. The molecular formula is C23H32ClN5O. The fourth-order valence-electron chi connectivity index (χ4n) is 4.50. The first-order valence-electron chi connectivity index (χ1n) is 11.1. The first-order valence-corrected chi connectivity index (χ1v) is 11.5. The molecule has 0 bridgehead atoms. The standard InChI is InChI=1S/C23H32ClN5O/c1-18(2)22-21(17-25-29(22)20-7-5-19(24)6-8-20)23(30)28-15-13-27(14-16-28)12-11-26-9-3-4-10-26/h5-8,17-18H,3-4,9-16H2,1-2H3. The molecule has 0 aliphatic carbocycles. The van der Waals surface area contributed by atoms with E-state index in [1.165, 1.54) is 25.9 Å². The third kappa shape index (κ3) is 4.71. The fourth-order valence-corrected chi connectivity index (χ4v) is 4.63. The number of hydrogen-bond acceptors (Lipinski definition) is 4. The third-order valence-electron chi connectivity index (χ3n) is 6.25. The molecule has 2 aliphatic heterocycles. The molecule has 30 heavy (non-hydrogen) atoms. The predicted molar refractivity (Wildman–Crippen MR) is 121 cm³/mol. The fraction of sp³-hybridized carbons (Fsp3) is 0.565. The van der Waals surface area contributed by atoms with Gasteiger partial charge in [-0.25, -0.2) is 4.68 Å². The van der Waals surface area contributed by atoms with Crippen molar-refractivity contribution in [2.75, 3.05) is 52.4 Å². The molecule has 162 valence electrons. The second kappa shape index (κ2) is 9.50. The van der Waals surface area contributed by atoms with Gasteiger partial charge in [0.1, 0.15) is 0 Å². The van der Waals surface area contributed by atoms with Crippen molar-refractivity contribution in [3.05, 3.63) is 46.7 Å². The van der Waals surface area contributed by atoms with Crippen LogP contribution < -0.4 is 0 Å². The Bertz CT molecular complexity index is 849. The molecule has 1 aromatic carbocycles. The lowest BCUT2D eigenvalue weighted by molar-refractivity contribution is 0.0625. The van der Waals surface area contributed by atoms with E-state index in [1.54, 1.807) is 6.20 Å². The smallest absolute Gasteiger partial charge is 0.257 e. The summed E-state index contributed by atoms with van der Waals surface area (Å²) in [5.74, 6) is 0.280. The van der Waals surface area contributed by atoms with E-state index in [4.69, 9.17) is 11.6 Å². The second-order valence-electron chi connectivity index (χ2n) is 8.67. The Morgan fingerprint density at radius 2 is 1.57 bits per heavy atom. The molecule has 1 aromatic heterocycles. The topological polar surface area (TPSA) is 44.6 Å². The number of hydrogen-bond donors (Lipinski definition) is 0. The Hall–Kier alpha value is -1.89. The normalized spacial score (nSPS) is 18.5. The zero-order valence-corrected chi connectivity index (χ0v) is 18.8. The van der Waals surface area contributed by atoms with Crippen molar-refractivity contribution in [1.82, 2.24) is 24.5 Å². The lowest BCUT2D eigenvalue weighted by atomic mass is 10.0. The Morgan fingerprint density at radius 3 is 2.17 bits per heavy atom. The summed E-state index contributed by atoms with van der Waals surface area (Å²) in [6.45, 7) is 12.4. The maximum absolute atomic E-state index is 13.3. The Morgan fingerprint density at radius 1 is 0.967 bits per heavy atom. The van der Waals surface area contributed by atoms with Gasteiger partial charge in [-0.15, -0.1) is 0 Å². The predicted octanol–water partition coefficient (Wildman–Crippen LogP) is 3.50. The highest BCUT2D eigenvalue weighted by molar-refractivity contribution is 6.30. The zero-order chi connectivity index (χ0) is 21.1. The van der Waals surface area contributed by atoms with Crippen molar-refractivity contribution in [3.63, 3.8) is 0 Å². The van der Waals surface area contributed by atoms with Gasteiger partial charge in [0, 0.05) is 44.3 Å². The summed E-state index contributed by atoms with van der Waals surface area (Å²) in [4.78, 5) is 20.4. The second-order valence-corrected chi connectivity index (χ2v) is 9.11. The molecule has 2 aliphatic rings. The summed E-state index contributed by atoms with van der Waals surface area (Å²) >= 11 is 6.03. The third-order valence-corrected chi connectivity index (χ3v) is 6.50. The number of halogens is 1. The molecule has 6 nitrogen and oxygen atoms in total. The lowest BCUT2D eigenvalue weighted by Gasteiger charge is -2.35. The van der Waals surface area contributed by atoms with E-state index in [0.29, 0.717) is 10.6 Å². The van der Waals surface area contributed by atoms with Crippen molar-refractivity contribution in [2.24, 2.45) is 0 Å². The summed E-state index contributed by atoms with van der Waals surface area (Å²) in [7, 11) is 0. The highest BCUT2D eigenvalue weighted by Gasteiger charge is 2.27. The van der Waals surface area contributed by atoms with Gasteiger partial charge < -0.3 is 9.80 Å². The van der Waals surface area contributed by atoms with E-state index < -0.39 is 0 Å². The number of aromatic nitrogens is 2. The minimum atomic E-state index is 0.0955. The summed E-state index contributed by atoms with van der Waals surface area (Å²) in [5, 5.41) is 5.24. The number of nitrogens with zero attached hydrogens (tertiary/aromatic N) is 5. The SMILES string of the molecule is CC(C)c1c(C(=O)N2CCN(CCN3CCCC3)CC2)cnn1-c1ccc(Cl)cc1. The average Bonchev–Trinajstić information content (AvgIpc) is 3.43. The van der Waals surface area contributed by atoms with Gasteiger partial charge in [-0.2, -0.15) is 5.10 Å². The van der Waals surface area contributed by atoms with Crippen LogP contribution in [0, 0.1) is 0 Å². The molecular weight excluding hydrogens is 398 g/mol. The van der Waals surface area contributed by atoms with E-state index in [-0.39, 0.29) is 11.8 Å². The minimum Gasteiger partial charge on any atom is -0.336 e. The molecule has 4 rings (SSSR count). The molecule has 3 heterocycles. The van der Waals surface area contributed by atoms with Crippen molar-refractivity contribution in [3.8, 4) is 5.69 Å². The molecule has 7 heteroatoms. The molecule has 1 amide bonds. The van der Waals surface area contributed by atoms with Crippen LogP contribution >= 0.6 is 11.6 Å². The molecule has 0 N–H and O–H groups in total. The first-order chi connectivity index (χ1) is 14.5. The van der Waals surface area contributed by atoms with Gasteiger partial charge >= 0.3 is 0 Å². The van der Waals surface area contributed by atoms with Gasteiger partial charge in [-0.05, 0) is 56.1 Å². The van der Waals surface area contributed by atoms with E-state index in [9.17, 15) is 4.79 Å². The van der Waals surface area contributed by atoms with Crippen LogP contribution in [0.3, 0.4) is 0 Å². The molecule has 2 saturated heterocycles. The number of amides is 1. The molecule has 2 fully saturated rings. The van der Waals surface area contributed by atoms with Crippen LogP contribution in [0.4, 0.5) is 0 Å². The molecule has 0 saturated carbocycles. The number of likely N-dealkylation sites (tertiary alicyclic amines) is 1. The molecule has 0 unspecified atom stereocenters. The molecule has 0 radical (unpaired) electrons. The van der Waals surface area contributed by atoms with Crippen molar-refractivity contribution >= 4 is 17.5 Å². The molecule has 0 spiro atoms. The summed E-state index contributed by atoms with van der Waals surface area (Å²) in [5.41, 5.74) is 2.60. The Balaban J connectivity index is 1.41.